The second kappa shape index (κ2) is 9.36. The molecule has 7 nitrogen and oxygen atoms in total. The number of anilines is 1. The largest absolute Gasteiger partial charge is 0.508 e. The fourth-order valence-electron chi connectivity index (χ4n) is 3.16. The summed E-state index contributed by atoms with van der Waals surface area (Å²) in [7, 11) is 0. The van der Waals surface area contributed by atoms with Crippen molar-refractivity contribution in [2.75, 3.05) is 4.90 Å². The summed E-state index contributed by atoms with van der Waals surface area (Å²) in [5.41, 5.74) is 1.21. The van der Waals surface area contributed by atoms with Crippen molar-refractivity contribution < 1.29 is 24.2 Å². The van der Waals surface area contributed by atoms with Gasteiger partial charge in [0.05, 0.1) is 10.7 Å². The lowest BCUT2D eigenvalue weighted by atomic mass is 10.1. The van der Waals surface area contributed by atoms with Crippen molar-refractivity contribution in [1.29, 1.82) is 0 Å². The summed E-state index contributed by atoms with van der Waals surface area (Å²) in [5.74, 6) is -1.25. The Kier molecular flexibility index (Phi) is 6.35. The van der Waals surface area contributed by atoms with Crippen molar-refractivity contribution in [3.05, 3.63) is 93.5 Å². The lowest BCUT2D eigenvalue weighted by molar-refractivity contribution is -0.122. The van der Waals surface area contributed by atoms with E-state index in [-0.39, 0.29) is 28.6 Å². The first-order valence-electron chi connectivity index (χ1n) is 9.70. The molecule has 166 valence electrons. The number of hydrogen-bond donors (Lipinski definition) is 2. The van der Waals surface area contributed by atoms with Crippen molar-refractivity contribution in [1.82, 2.24) is 5.32 Å². The van der Waals surface area contributed by atoms with Crippen LogP contribution in [0.5, 0.6) is 11.5 Å². The van der Waals surface area contributed by atoms with Crippen molar-refractivity contribution in [3.63, 3.8) is 0 Å². The van der Waals surface area contributed by atoms with Crippen LogP contribution in [0.3, 0.4) is 0 Å². The van der Waals surface area contributed by atoms with Gasteiger partial charge in [-0.15, -0.1) is 0 Å². The van der Waals surface area contributed by atoms with Crippen LogP contribution in [0.2, 0.25) is 10.0 Å². The van der Waals surface area contributed by atoms with Gasteiger partial charge in [0, 0.05) is 10.6 Å². The minimum Gasteiger partial charge on any atom is -0.508 e. The third-order valence-corrected chi connectivity index (χ3v) is 5.48. The smallest absolute Gasteiger partial charge is 0.335 e. The number of benzene rings is 3. The molecule has 0 radical (unpaired) electrons. The molecule has 0 unspecified atom stereocenters. The van der Waals surface area contributed by atoms with E-state index in [1.165, 1.54) is 30.3 Å². The van der Waals surface area contributed by atoms with Crippen LogP contribution >= 0.6 is 23.2 Å². The number of amides is 4. The normalized spacial score (nSPS) is 15.0. The zero-order valence-corrected chi connectivity index (χ0v) is 18.4. The Morgan fingerprint density at radius 1 is 0.939 bits per heavy atom. The molecule has 0 bridgehead atoms. The van der Waals surface area contributed by atoms with Crippen LogP contribution in [0, 0.1) is 0 Å². The molecule has 1 fully saturated rings. The van der Waals surface area contributed by atoms with E-state index in [0.29, 0.717) is 16.3 Å². The number of rotatable bonds is 5. The number of phenols is 1. The first kappa shape index (κ1) is 22.4. The molecule has 1 aliphatic rings. The summed E-state index contributed by atoms with van der Waals surface area (Å²) in [6.07, 6.45) is 1.33. The topological polar surface area (TPSA) is 95.9 Å². The van der Waals surface area contributed by atoms with E-state index in [9.17, 15) is 19.5 Å². The van der Waals surface area contributed by atoms with Gasteiger partial charge < -0.3 is 9.84 Å². The van der Waals surface area contributed by atoms with Crippen LogP contribution in [0.1, 0.15) is 11.1 Å². The number of nitrogens with zero attached hydrogens (tertiary/aromatic N) is 1. The van der Waals surface area contributed by atoms with Crippen LogP contribution < -0.4 is 15.0 Å². The molecular formula is C24H16Cl2N2O5. The zero-order valence-electron chi connectivity index (χ0n) is 16.9. The average molecular weight is 483 g/mol. The Morgan fingerprint density at radius 3 is 2.36 bits per heavy atom. The minimum absolute atomic E-state index is 0.0260. The summed E-state index contributed by atoms with van der Waals surface area (Å²) in [6, 6.07) is 16.6. The highest BCUT2D eigenvalue weighted by molar-refractivity contribution is 6.39. The Balaban J connectivity index is 1.57. The van der Waals surface area contributed by atoms with Crippen LogP contribution in [0.25, 0.3) is 6.08 Å². The molecule has 9 heteroatoms. The lowest BCUT2D eigenvalue weighted by Gasteiger charge is -2.26. The fraction of sp³-hybridized carbons (Fsp3) is 0.0417. The second-order valence-corrected chi connectivity index (χ2v) is 7.86. The average Bonchev–Trinajstić information content (AvgIpc) is 2.78. The SMILES string of the molecule is O=C1NC(=O)N(c2ccc(O)cc2)C(=O)/C1=C\c1ccc(OCc2ccccc2Cl)c(Cl)c1. The molecule has 1 aliphatic heterocycles. The molecule has 0 atom stereocenters. The van der Waals surface area contributed by atoms with Crippen molar-refractivity contribution >= 4 is 52.8 Å². The van der Waals surface area contributed by atoms with Gasteiger partial charge >= 0.3 is 6.03 Å². The van der Waals surface area contributed by atoms with Crippen molar-refractivity contribution in [2.24, 2.45) is 0 Å². The molecule has 0 saturated carbocycles. The Hall–Kier alpha value is -3.81. The summed E-state index contributed by atoms with van der Waals surface area (Å²) >= 11 is 12.5. The van der Waals surface area contributed by atoms with Gasteiger partial charge in [-0.1, -0.05) is 47.5 Å². The van der Waals surface area contributed by atoms with Crippen LogP contribution in [-0.2, 0) is 16.2 Å². The number of carbonyl (C=O) groups excluding carboxylic acids is 3. The van der Waals surface area contributed by atoms with E-state index in [2.05, 4.69) is 5.32 Å². The van der Waals surface area contributed by atoms with Gasteiger partial charge in [0.1, 0.15) is 23.7 Å². The molecule has 33 heavy (non-hydrogen) atoms. The first-order chi connectivity index (χ1) is 15.8. The Morgan fingerprint density at radius 2 is 1.67 bits per heavy atom. The molecule has 2 N–H and O–H groups in total. The van der Waals surface area contributed by atoms with Crippen LogP contribution in [-0.4, -0.2) is 23.0 Å². The maximum atomic E-state index is 12.9. The van der Waals surface area contributed by atoms with Gasteiger partial charge in [-0.05, 0) is 54.1 Å². The summed E-state index contributed by atoms with van der Waals surface area (Å²) in [4.78, 5) is 38.3. The fourth-order valence-corrected chi connectivity index (χ4v) is 3.59. The third-order valence-electron chi connectivity index (χ3n) is 4.82. The van der Waals surface area contributed by atoms with Crippen molar-refractivity contribution in [3.8, 4) is 11.5 Å². The van der Waals surface area contributed by atoms with E-state index >= 15 is 0 Å². The number of urea groups is 1. The first-order valence-corrected chi connectivity index (χ1v) is 10.5. The summed E-state index contributed by atoms with van der Waals surface area (Å²) in [5, 5.41) is 12.4. The van der Waals surface area contributed by atoms with Crippen LogP contribution in [0.4, 0.5) is 10.5 Å². The predicted octanol–water partition coefficient (Wildman–Crippen LogP) is 4.94. The third kappa shape index (κ3) is 4.84. The van der Waals surface area contributed by atoms with Gasteiger partial charge in [-0.25, -0.2) is 9.69 Å². The standard InChI is InChI=1S/C24H16Cl2N2O5/c25-19-4-2-1-3-15(19)13-33-21-10-5-14(12-20(21)26)11-18-22(30)27-24(32)28(23(18)31)16-6-8-17(29)9-7-16/h1-12,29H,13H2,(H,27,30,32)/b18-11-. The molecule has 4 amide bonds. The highest BCUT2D eigenvalue weighted by atomic mass is 35.5. The number of aromatic hydroxyl groups is 1. The van der Waals surface area contributed by atoms with Crippen molar-refractivity contribution in [2.45, 2.75) is 6.61 Å². The van der Waals surface area contributed by atoms with Crippen LogP contribution in [0.15, 0.2) is 72.3 Å². The van der Waals surface area contributed by atoms with Gasteiger partial charge in [-0.2, -0.15) is 0 Å². The zero-order chi connectivity index (χ0) is 23.5. The molecule has 1 saturated heterocycles. The number of nitrogens with one attached hydrogen (secondary N) is 1. The number of carbonyl (C=O) groups is 3. The molecule has 0 spiro atoms. The molecular weight excluding hydrogens is 467 g/mol. The quantitative estimate of drug-likeness (QED) is 0.396. The highest BCUT2D eigenvalue weighted by Crippen LogP contribution is 2.29. The minimum atomic E-state index is -0.880. The number of halogens is 2. The van der Waals surface area contributed by atoms with Gasteiger partial charge in [0.2, 0.25) is 0 Å². The van der Waals surface area contributed by atoms with Gasteiger partial charge in [-0.3, -0.25) is 14.9 Å². The maximum absolute atomic E-state index is 12.9. The molecule has 1 heterocycles. The summed E-state index contributed by atoms with van der Waals surface area (Å²) < 4.78 is 5.73. The Labute approximate surface area is 198 Å². The summed E-state index contributed by atoms with van der Waals surface area (Å²) in [6.45, 7) is 0.213. The lowest BCUT2D eigenvalue weighted by Crippen LogP contribution is -2.54. The number of ether oxygens (including phenoxy) is 1. The predicted molar refractivity (Wildman–Crippen MR) is 124 cm³/mol. The van der Waals surface area contributed by atoms with E-state index in [0.717, 1.165) is 10.5 Å². The molecule has 3 aromatic carbocycles. The van der Waals surface area contributed by atoms with E-state index in [1.807, 2.05) is 18.2 Å². The molecule has 0 aromatic heterocycles. The Bertz CT molecular complexity index is 1290. The van der Waals surface area contributed by atoms with Gasteiger partial charge in [0.25, 0.3) is 11.8 Å². The van der Waals surface area contributed by atoms with E-state index in [4.69, 9.17) is 27.9 Å². The maximum Gasteiger partial charge on any atom is 0.335 e. The van der Waals surface area contributed by atoms with Gasteiger partial charge in [0.15, 0.2) is 0 Å². The highest BCUT2D eigenvalue weighted by Gasteiger charge is 2.36. The molecule has 3 aromatic rings. The van der Waals surface area contributed by atoms with E-state index < -0.39 is 17.8 Å². The number of hydrogen-bond acceptors (Lipinski definition) is 5. The van der Waals surface area contributed by atoms with E-state index in [1.54, 1.807) is 24.3 Å². The number of imide groups is 2. The number of phenolic OH excluding ortho intramolecular Hbond substituents is 1. The molecule has 0 aliphatic carbocycles. The number of barbiturate groups is 1. The second-order valence-electron chi connectivity index (χ2n) is 7.04. The monoisotopic (exact) mass is 482 g/mol. The molecule has 4 rings (SSSR count).